The highest BCUT2D eigenvalue weighted by molar-refractivity contribution is 5.16. The summed E-state index contributed by atoms with van der Waals surface area (Å²) in [6, 6.07) is 9.22. The Bertz CT molecular complexity index is 425. The molecule has 1 aromatic carbocycles. The Morgan fingerprint density at radius 1 is 1.21 bits per heavy atom. The summed E-state index contributed by atoms with van der Waals surface area (Å²) < 4.78 is 17.2. The molecule has 2 saturated heterocycles. The molecule has 0 bridgehead atoms. The quantitative estimate of drug-likeness (QED) is 0.777. The van der Waals surface area contributed by atoms with Gasteiger partial charge in [0.05, 0.1) is 18.8 Å². The van der Waals surface area contributed by atoms with Gasteiger partial charge in [0.25, 0.3) is 0 Å². The molecular weight excluding hydrogens is 246 g/mol. The third kappa shape index (κ3) is 2.40. The maximum absolute atomic E-state index is 10.2. The van der Waals surface area contributed by atoms with Crippen LogP contribution in [0.1, 0.15) is 18.8 Å². The summed E-state index contributed by atoms with van der Waals surface area (Å²) in [6.45, 7) is 2.26. The third-order valence-corrected chi connectivity index (χ3v) is 3.79. The number of hydrogen-bond donors (Lipinski definition) is 2. The van der Waals surface area contributed by atoms with Gasteiger partial charge in [-0.25, -0.2) is 0 Å². The molecule has 1 aromatic rings. The number of nitrogens with two attached hydrogens (primary N) is 1. The standard InChI is InChI=1S/C14H19NO4/c1-8-11(15)12(16)13-10(18-8)7-17-14(19-13)9-5-3-2-4-6-9/h2-6,8,10-14,16H,7,15H2,1H3/t8-,10?,11-,12?,13-,14?/m0/s1. The fourth-order valence-electron chi connectivity index (χ4n) is 2.61. The summed E-state index contributed by atoms with van der Waals surface area (Å²) in [5.41, 5.74) is 6.85. The molecule has 0 saturated carbocycles. The van der Waals surface area contributed by atoms with E-state index < -0.39 is 24.5 Å². The highest BCUT2D eigenvalue weighted by Gasteiger charge is 2.46. The molecule has 5 heteroatoms. The van der Waals surface area contributed by atoms with E-state index >= 15 is 0 Å². The molecule has 0 amide bonds. The van der Waals surface area contributed by atoms with Crippen LogP contribution in [0.3, 0.4) is 0 Å². The van der Waals surface area contributed by atoms with Gasteiger partial charge in [-0.05, 0) is 6.92 Å². The van der Waals surface area contributed by atoms with Gasteiger partial charge in [-0.3, -0.25) is 0 Å². The second-order valence-electron chi connectivity index (χ2n) is 5.12. The predicted molar refractivity (Wildman–Crippen MR) is 68.3 cm³/mol. The summed E-state index contributed by atoms with van der Waals surface area (Å²) in [6.07, 6.45) is -2.10. The van der Waals surface area contributed by atoms with Gasteiger partial charge in [0.2, 0.25) is 0 Å². The van der Waals surface area contributed by atoms with Crippen molar-refractivity contribution in [3.05, 3.63) is 35.9 Å². The van der Waals surface area contributed by atoms with Crippen LogP contribution in [0.4, 0.5) is 0 Å². The van der Waals surface area contributed by atoms with Crippen LogP contribution in [0.15, 0.2) is 30.3 Å². The van der Waals surface area contributed by atoms with Gasteiger partial charge < -0.3 is 25.1 Å². The largest absolute Gasteiger partial charge is 0.389 e. The summed E-state index contributed by atoms with van der Waals surface area (Å²) in [4.78, 5) is 0. The number of hydrogen-bond acceptors (Lipinski definition) is 5. The summed E-state index contributed by atoms with van der Waals surface area (Å²) in [5.74, 6) is 0. The van der Waals surface area contributed by atoms with Gasteiger partial charge >= 0.3 is 0 Å². The summed E-state index contributed by atoms with van der Waals surface area (Å²) in [5, 5.41) is 10.2. The Morgan fingerprint density at radius 2 is 1.95 bits per heavy atom. The van der Waals surface area contributed by atoms with Crippen LogP contribution in [-0.4, -0.2) is 42.2 Å². The first-order valence-electron chi connectivity index (χ1n) is 6.58. The van der Waals surface area contributed by atoms with E-state index in [-0.39, 0.29) is 12.2 Å². The van der Waals surface area contributed by atoms with Crippen molar-refractivity contribution in [2.24, 2.45) is 5.73 Å². The molecule has 0 radical (unpaired) electrons. The predicted octanol–water partition coefficient (Wildman–Crippen LogP) is 0.576. The highest BCUT2D eigenvalue weighted by atomic mass is 16.7. The lowest BCUT2D eigenvalue weighted by Gasteiger charge is -2.46. The van der Waals surface area contributed by atoms with Gasteiger partial charge in [0, 0.05) is 5.56 Å². The van der Waals surface area contributed by atoms with E-state index in [0.717, 1.165) is 5.56 Å². The maximum atomic E-state index is 10.2. The first kappa shape index (κ1) is 13.0. The van der Waals surface area contributed by atoms with Gasteiger partial charge in [-0.1, -0.05) is 30.3 Å². The molecule has 3 N–H and O–H groups in total. The first-order chi connectivity index (χ1) is 9.16. The lowest BCUT2D eigenvalue weighted by Crippen LogP contribution is -2.63. The number of aliphatic hydroxyl groups is 1. The van der Waals surface area contributed by atoms with Crippen LogP contribution >= 0.6 is 0 Å². The van der Waals surface area contributed by atoms with Crippen LogP contribution in [0.2, 0.25) is 0 Å². The molecule has 2 aliphatic heterocycles. The van der Waals surface area contributed by atoms with E-state index in [0.29, 0.717) is 6.61 Å². The number of aliphatic hydroxyl groups excluding tert-OH is 1. The third-order valence-electron chi connectivity index (χ3n) is 3.79. The second-order valence-corrected chi connectivity index (χ2v) is 5.12. The summed E-state index contributed by atoms with van der Waals surface area (Å²) in [7, 11) is 0. The molecule has 5 nitrogen and oxygen atoms in total. The zero-order chi connectivity index (χ0) is 13.4. The van der Waals surface area contributed by atoms with Crippen LogP contribution < -0.4 is 5.73 Å². The smallest absolute Gasteiger partial charge is 0.184 e. The van der Waals surface area contributed by atoms with E-state index in [2.05, 4.69) is 0 Å². The average Bonchev–Trinajstić information content (AvgIpc) is 2.46. The van der Waals surface area contributed by atoms with Gasteiger partial charge in [-0.15, -0.1) is 0 Å². The molecule has 0 aromatic heterocycles. The average molecular weight is 265 g/mol. The van der Waals surface area contributed by atoms with E-state index in [1.54, 1.807) is 0 Å². The number of benzene rings is 1. The molecule has 2 fully saturated rings. The van der Waals surface area contributed by atoms with Crippen LogP contribution in [0.5, 0.6) is 0 Å². The lowest BCUT2D eigenvalue weighted by molar-refractivity contribution is -0.311. The highest BCUT2D eigenvalue weighted by Crippen LogP contribution is 2.33. The minimum atomic E-state index is -0.733. The topological polar surface area (TPSA) is 73.9 Å². The zero-order valence-electron chi connectivity index (χ0n) is 10.8. The van der Waals surface area contributed by atoms with Crippen LogP contribution in [-0.2, 0) is 14.2 Å². The molecule has 104 valence electrons. The Morgan fingerprint density at radius 3 is 2.68 bits per heavy atom. The molecule has 0 aliphatic carbocycles. The van der Waals surface area contributed by atoms with Gasteiger partial charge in [0.15, 0.2) is 6.29 Å². The van der Waals surface area contributed by atoms with Crippen LogP contribution in [0, 0.1) is 0 Å². The van der Waals surface area contributed by atoms with E-state index in [4.69, 9.17) is 19.9 Å². The van der Waals surface area contributed by atoms with Crippen LogP contribution in [0.25, 0.3) is 0 Å². The van der Waals surface area contributed by atoms with Crippen molar-refractivity contribution >= 4 is 0 Å². The number of rotatable bonds is 1. The van der Waals surface area contributed by atoms with E-state index in [1.165, 1.54) is 0 Å². The minimum absolute atomic E-state index is 0.197. The molecule has 2 heterocycles. The molecule has 3 unspecified atom stereocenters. The Labute approximate surface area is 112 Å². The number of ether oxygens (including phenoxy) is 3. The van der Waals surface area contributed by atoms with E-state index in [1.807, 2.05) is 37.3 Å². The van der Waals surface area contributed by atoms with Gasteiger partial charge in [0.1, 0.15) is 18.3 Å². The Kier molecular flexibility index (Phi) is 3.56. The summed E-state index contributed by atoms with van der Waals surface area (Å²) >= 11 is 0. The molecule has 6 atom stereocenters. The van der Waals surface area contributed by atoms with E-state index in [9.17, 15) is 5.11 Å². The van der Waals surface area contributed by atoms with Crippen molar-refractivity contribution in [2.75, 3.05) is 6.61 Å². The second kappa shape index (κ2) is 5.19. The Hall–Kier alpha value is -0.980. The van der Waals surface area contributed by atoms with Gasteiger partial charge in [-0.2, -0.15) is 0 Å². The molecule has 19 heavy (non-hydrogen) atoms. The van der Waals surface area contributed by atoms with Crippen molar-refractivity contribution in [3.8, 4) is 0 Å². The van der Waals surface area contributed by atoms with Crippen molar-refractivity contribution in [3.63, 3.8) is 0 Å². The van der Waals surface area contributed by atoms with Crippen molar-refractivity contribution < 1.29 is 19.3 Å². The minimum Gasteiger partial charge on any atom is -0.389 e. The monoisotopic (exact) mass is 265 g/mol. The molecular formula is C14H19NO4. The molecule has 0 spiro atoms. The van der Waals surface area contributed by atoms with Crippen molar-refractivity contribution in [2.45, 2.75) is 43.7 Å². The lowest BCUT2D eigenvalue weighted by atomic mass is 9.93. The fourth-order valence-corrected chi connectivity index (χ4v) is 2.61. The Balaban J connectivity index is 1.75. The van der Waals surface area contributed by atoms with Crippen molar-refractivity contribution in [1.82, 2.24) is 0 Å². The van der Waals surface area contributed by atoms with Crippen molar-refractivity contribution in [1.29, 1.82) is 0 Å². The number of fused-ring (bicyclic) bond motifs is 1. The molecule has 2 aliphatic rings. The maximum Gasteiger partial charge on any atom is 0.184 e. The first-order valence-corrected chi connectivity index (χ1v) is 6.58. The zero-order valence-corrected chi connectivity index (χ0v) is 10.8. The fraction of sp³-hybridized carbons (Fsp3) is 0.571. The normalized spacial score (nSPS) is 42.7. The SMILES string of the molecule is C[C@@H]1OC2COC(c3ccccc3)O[C@@H]2C(O)[C@H]1N. The molecule has 3 rings (SSSR count).